The molecule has 0 spiro atoms. The van der Waals surface area contributed by atoms with Gasteiger partial charge >= 0.3 is 0 Å². The Labute approximate surface area is 112 Å². The Morgan fingerprint density at radius 2 is 1.58 bits per heavy atom. The second kappa shape index (κ2) is 5.48. The van der Waals surface area contributed by atoms with Gasteiger partial charge in [0.1, 0.15) is 0 Å². The first-order valence-electron chi connectivity index (χ1n) is 6.04. The third-order valence-electron chi connectivity index (χ3n) is 3.14. The van der Waals surface area contributed by atoms with E-state index in [9.17, 15) is 9.59 Å². The number of hydrogen-bond acceptors (Lipinski definition) is 2. The fraction of sp³-hybridized carbons (Fsp3) is 0.125. The Morgan fingerprint density at radius 1 is 0.947 bits per heavy atom. The van der Waals surface area contributed by atoms with Crippen LogP contribution in [0.15, 0.2) is 42.5 Å². The number of carbonyl (C=O) groups is 2. The molecule has 0 heterocycles. The normalized spacial score (nSPS) is 10.0. The summed E-state index contributed by atoms with van der Waals surface area (Å²) < 4.78 is 0. The van der Waals surface area contributed by atoms with Gasteiger partial charge in [-0.25, -0.2) is 0 Å². The van der Waals surface area contributed by atoms with Gasteiger partial charge in [-0.1, -0.05) is 12.1 Å². The van der Waals surface area contributed by atoms with E-state index in [0.29, 0.717) is 23.2 Å². The smallest absolute Gasteiger partial charge is 0.211 e. The van der Waals surface area contributed by atoms with Gasteiger partial charge in [0.2, 0.25) is 6.41 Å². The van der Waals surface area contributed by atoms with Crippen molar-refractivity contribution in [3.05, 3.63) is 64.7 Å². The highest BCUT2D eigenvalue weighted by Gasteiger charge is 2.09. The van der Waals surface area contributed by atoms with Crippen LogP contribution in [0, 0.1) is 13.8 Å². The minimum Gasteiger partial charge on any atom is -0.329 e. The summed E-state index contributed by atoms with van der Waals surface area (Å²) in [7, 11) is 0. The molecule has 0 bridgehead atoms. The molecule has 1 N–H and O–H groups in total. The maximum absolute atomic E-state index is 12.3. The minimum atomic E-state index is -0.0132. The molecule has 0 aliphatic heterocycles. The molecule has 0 saturated heterocycles. The first kappa shape index (κ1) is 13.0. The lowest BCUT2D eigenvalue weighted by molar-refractivity contribution is -0.105. The molecular weight excluding hydrogens is 238 g/mol. The van der Waals surface area contributed by atoms with Crippen LogP contribution in [0.4, 0.5) is 5.69 Å². The molecule has 0 unspecified atom stereocenters. The maximum Gasteiger partial charge on any atom is 0.211 e. The third kappa shape index (κ3) is 2.88. The number of benzene rings is 2. The first-order valence-corrected chi connectivity index (χ1v) is 6.04. The predicted octanol–water partition coefficient (Wildman–Crippen LogP) is 3.10. The van der Waals surface area contributed by atoms with Crippen LogP contribution in [0.1, 0.15) is 27.0 Å². The van der Waals surface area contributed by atoms with E-state index in [1.165, 1.54) is 5.56 Å². The quantitative estimate of drug-likeness (QED) is 0.672. The molecule has 2 rings (SSSR count). The third-order valence-corrected chi connectivity index (χ3v) is 3.14. The first-order chi connectivity index (χ1) is 9.11. The summed E-state index contributed by atoms with van der Waals surface area (Å²) in [6, 6.07) is 12.5. The average Bonchev–Trinajstić information content (AvgIpc) is 2.42. The molecule has 19 heavy (non-hydrogen) atoms. The molecule has 0 aliphatic rings. The Kier molecular flexibility index (Phi) is 3.76. The zero-order valence-corrected chi connectivity index (χ0v) is 10.9. The molecule has 2 aromatic carbocycles. The van der Waals surface area contributed by atoms with E-state index >= 15 is 0 Å². The van der Waals surface area contributed by atoms with E-state index in [2.05, 4.69) is 5.32 Å². The summed E-state index contributed by atoms with van der Waals surface area (Å²) in [5, 5.41) is 2.54. The van der Waals surface area contributed by atoms with Gasteiger partial charge in [0.05, 0.1) is 0 Å². The van der Waals surface area contributed by atoms with Crippen LogP contribution in [0.3, 0.4) is 0 Å². The summed E-state index contributed by atoms with van der Waals surface area (Å²) in [4.78, 5) is 22.6. The molecule has 0 saturated carbocycles. The number of carbonyl (C=O) groups excluding carboxylic acids is 2. The van der Waals surface area contributed by atoms with E-state index in [0.717, 1.165) is 5.56 Å². The number of nitrogens with one attached hydrogen (secondary N) is 1. The number of rotatable bonds is 4. The lowest BCUT2D eigenvalue weighted by Crippen LogP contribution is -2.02. The van der Waals surface area contributed by atoms with Crippen molar-refractivity contribution in [3.8, 4) is 0 Å². The number of hydrogen-bond donors (Lipinski definition) is 1. The lowest BCUT2D eigenvalue weighted by atomic mass is 9.99. The van der Waals surface area contributed by atoms with Crippen LogP contribution in [-0.4, -0.2) is 12.2 Å². The van der Waals surface area contributed by atoms with Gasteiger partial charge in [0.15, 0.2) is 5.78 Å². The van der Waals surface area contributed by atoms with Gasteiger partial charge in [0, 0.05) is 16.8 Å². The Hall–Kier alpha value is -2.42. The summed E-state index contributed by atoms with van der Waals surface area (Å²) >= 11 is 0. The number of aryl methyl sites for hydroxylation is 2. The van der Waals surface area contributed by atoms with Gasteiger partial charge in [-0.2, -0.15) is 0 Å². The highest BCUT2D eigenvalue weighted by Crippen LogP contribution is 2.16. The predicted molar refractivity (Wildman–Crippen MR) is 75.5 cm³/mol. The minimum absolute atomic E-state index is 0.0132. The summed E-state index contributed by atoms with van der Waals surface area (Å²) in [6.45, 7) is 4.01. The molecule has 0 aliphatic carbocycles. The van der Waals surface area contributed by atoms with Crippen molar-refractivity contribution in [3.63, 3.8) is 0 Å². The summed E-state index contributed by atoms with van der Waals surface area (Å²) in [6.07, 6.45) is 0.611. The Morgan fingerprint density at radius 3 is 2.16 bits per heavy atom. The molecule has 0 fully saturated rings. The van der Waals surface area contributed by atoms with Gasteiger partial charge in [-0.05, 0) is 55.3 Å². The Balaban J connectivity index is 2.27. The molecule has 0 aromatic heterocycles. The van der Waals surface area contributed by atoms with E-state index in [-0.39, 0.29) is 5.78 Å². The Bertz CT molecular complexity index is 615. The molecule has 96 valence electrons. The molecule has 0 radical (unpaired) electrons. The molecule has 0 atom stereocenters. The second-order valence-electron chi connectivity index (χ2n) is 4.47. The van der Waals surface area contributed by atoms with Crippen molar-refractivity contribution in [2.45, 2.75) is 13.8 Å². The fourth-order valence-corrected chi connectivity index (χ4v) is 1.84. The molecular formula is C16H15NO2. The van der Waals surface area contributed by atoms with Crippen molar-refractivity contribution < 1.29 is 9.59 Å². The SMILES string of the molecule is Cc1ccc(C(=O)c2ccc(NC=O)cc2)cc1C. The van der Waals surface area contributed by atoms with Gasteiger partial charge in [-0.3, -0.25) is 9.59 Å². The second-order valence-corrected chi connectivity index (χ2v) is 4.47. The van der Waals surface area contributed by atoms with Crippen molar-refractivity contribution >= 4 is 17.9 Å². The van der Waals surface area contributed by atoms with Crippen molar-refractivity contribution in [1.29, 1.82) is 0 Å². The summed E-state index contributed by atoms with van der Waals surface area (Å²) in [5.74, 6) is -0.0132. The van der Waals surface area contributed by atoms with E-state index in [1.807, 2.05) is 32.0 Å². The summed E-state index contributed by atoms with van der Waals surface area (Å²) in [5.41, 5.74) is 4.23. The van der Waals surface area contributed by atoms with Crippen LogP contribution in [0.25, 0.3) is 0 Å². The fourth-order valence-electron chi connectivity index (χ4n) is 1.84. The van der Waals surface area contributed by atoms with Crippen LogP contribution >= 0.6 is 0 Å². The van der Waals surface area contributed by atoms with Crippen LogP contribution in [0.2, 0.25) is 0 Å². The van der Waals surface area contributed by atoms with Crippen molar-refractivity contribution in [2.24, 2.45) is 0 Å². The number of amides is 1. The highest BCUT2D eigenvalue weighted by atomic mass is 16.1. The van der Waals surface area contributed by atoms with Crippen LogP contribution in [0.5, 0.6) is 0 Å². The van der Waals surface area contributed by atoms with Gasteiger partial charge in [-0.15, -0.1) is 0 Å². The standard InChI is InChI=1S/C16H15NO2/c1-11-3-4-14(9-12(11)2)16(19)13-5-7-15(8-6-13)17-10-18/h3-10H,1-2H3,(H,17,18). The number of anilines is 1. The topological polar surface area (TPSA) is 46.2 Å². The highest BCUT2D eigenvalue weighted by molar-refractivity contribution is 6.09. The average molecular weight is 253 g/mol. The van der Waals surface area contributed by atoms with Crippen LogP contribution < -0.4 is 5.32 Å². The molecule has 3 nitrogen and oxygen atoms in total. The van der Waals surface area contributed by atoms with E-state index < -0.39 is 0 Å². The monoisotopic (exact) mass is 253 g/mol. The zero-order chi connectivity index (χ0) is 13.8. The van der Waals surface area contributed by atoms with Gasteiger partial charge < -0.3 is 5.32 Å². The van der Waals surface area contributed by atoms with Crippen molar-refractivity contribution in [1.82, 2.24) is 0 Å². The molecule has 2 aromatic rings. The molecule has 1 amide bonds. The largest absolute Gasteiger partial charge is 0.329 e. The van der Waals surface area contributed by atoms with Crippen LogP contribution in [-0.2, 0) is 4.79 Å². The number of ketones is 1. The van der Waals surface area contributed by atoms with E-state index in [4.69, 9.17) is 0 Å². The maximum atomic E-state index is 12.3. The lowest BCUT2D eigenvalue weighted by Gasteiger charge is -2.05. The van der Waals surface area contributed by atoms with Gasteiger partial charge in [0.25, 0.3) is 0 Å². The molecule has 3 heteroatoms. The van der Waals surface area contributed by atoms with E-state index in [1.54, 1.807) is 24.3 Å². The zero-order valence-electron chi connectivity index (χ0n) is 10.9. The van der Waals surface area contributed by atoms with Crippen molar-refractivity contribution in [2.75, 3.05) is 5.32 Å².